The van der Waals surface area contributed by atoms with Crippen molar-refractivity contribution in [3.8, 4) is 28.7 Å². The van der Waals surface area contributed by atoms with Crippen LogP contribution in [0.25, 0.3) is 0 Å². The van der Waals surface area contributed by atoms with Crippen molar-refractivity contribution in [2.75, 3.05) is 0 Å². The van der Waals surface area contributed by atoms with Crippen molar-refractivity contribution < 1.29 is 28.3 Å². The zero-order valence-corrected chi connectivity index (χ0v) is 30.0. The fourth-order valence-electron chi connectivity index (χ4n) is 4.58. The van der Waals surface area contributed by atoms with Crippen LogP contribution in [0.4, 0.5) is 0 Å². The molecule has 0 aliphatic heterocycles. The fourth-order valence-corrected chi connectivity index (χ4v) is 5.75. The number of phenolic OH excluding ortho intramolecular Hbond substituents is 2. The molecule has 252 valence electrons. The lowest BCUT2D eigenvalue weighted by Crippen LogP contribution is -2.04. The molecule has 2 N–H and O–H groups in total. The summed E-state index contributed by atoms with van der Waals surface area (Å²) in [5.74, 6) is 2.97. The van der Waals surface area contributed by atoms with Crippen LogP contribution in [0.15, 0.2) is 152 Å². The summed E-state index contributed by atoms with van der Waals surface area (Å²) in [7, 11) is -0.348. The van der Waals surface area contributed by atoms with Gasteiger partial charge in [0.25, 0.3) is 9.03 Å². The average molecular weight is 693 g/mol. The predicted octanol–water partition coefficient (Wildman–Crippen LogP) is 11.4. The Balaban J connectivity index is 0.000000275. The van der Waals surface area contributed by atoms with Gasteiger partial charge in [-0.15, -0.1) is 0 Å². The van der Waals surface area contributed by atoms with Crippen LogP contribution in [0.3, 0.4) is 0 Å². The molecular weight excluding hydrogens is 650 g/mol. The lowest BCUT2D eigenvalue weighted by molar-refractivity contribution is 0.258. The number of para-hydroxylation sites is 1. The summed E-state index contributed by atoms with van der Waals surface area (Å²) in [4.78, 5) is 0. The summed E-state index contributed by atoms with van der Waals surface area (Å²) in [6, 6.07) is 48.1. The summed E-state index contributed by atoms with van der Waals surface area (Å²) in [6.07, 6.45) is -0.339. The summed E-state index contributed by atoms with van der Waals surface area (Å²) in [5, 5.41) is 17.6. The smallest absolute Gasteiger partial charge is 0.275 e. The molecule has 0 fully saturated rings. The van der Waals surface area contributed by atoms with E-state index in [0.29, 0.717) is 11.5 Å². The minimum atomic E-state index is -0.339. The minimum Gasteiger partial charge on any atom is -0.508 e. The van der Waals surface area contributed by atoms with Crippen LogP contribution in [0.5, 0.6) is 28.7 Å². The SMILES string of the molecule is Cc1cccc(O)c1.Cc1cccc(O)c1.Cc1cccc(OPOc2ccccc2C(OPOc2cccc(C)c2)c2ccccc2)c1. The van der Waals surface area contributed by atoms with Gasteiger partial charge >= 0.3 is 0 Å². The van der Waals surface area contributed by atoms with E-state index in [1.807, 2.05) is 155 Å². The Kier molecular flexibility index (Phi) is 15.0. The van der Waals surface area contributed by atoms with Gasteiger partial charge in [0, 0.05) is 5.56 Å². The van der Waals surface area contributed by atoms with Gasteiger partial charge in [0.15, 0.2) is 0 Å². The highest BCUT2D eigenvalue weighted by molar-refractivity contribution is 7.27. The quantitative estimate of drug-likeness (QED) is 0.139. The van der Waals surface area contributed by atoms with E-state index in [-0.39, 0.29) is 24.2 Å². The average Bonchev–Trinajstić information content (AvgIpc) is 3.08. The Morgan fingerprint density at radius 2 is 0.918 bits per heavy atom. The van der Waals surface area contributed by atoms with Gasteiger partial charge in [-0.25, -0.2) is 0 Å². The van der Waals surface area contributed by atoms with Crippen LogP contribution in [0.2, 0.25) is 0 Å². The molecule has 0 aromatic heterocycles. The normalized spacial score (nSPS) is 11.3. The van der Waals surface area contributed by atoms with Crippen molar-refractivity contribution in [3.63, 3.8) is 0 Å². The topological polar surface area (TPSA) is 77.4 Å². The van der Waals surface area contributed by atoms with Crippen molar-refractivity contribution in [2.45, 2.75) is 33.8 Å². The molecular formula is C41H42O6P2. The zero-order chi connectivity index (χ0) is 34.8. The number of rotatable bonds is 10. The molecule has 3 unspecified atom stereocenters. The number of phenols is 2. The lowest BCUT2D eigenvalue weighted by atomic mass is 10.0. The number of benzene rings is 6. The number of hydrogen-bond donors (Lipinski definition) is 2. The van der Waals surface area contributed by atoms with E-state index in [1.165, 1.54) is 0 Å². The van der Waals surface area contributed by atoms with E-state index in [9.17, 15) is 0 Å². The van der Waals surface area contributed by atoms with Crippen LogP contribution < -0.4 is 13.6 Å². The van der Waals surface area contributed by atoms with E-state index >= 15 is 0 Å². The summed E-state index contributed by atoms with van der Waals surface area (Å²) < 4.78 is 24.0. The standard InChI is InChI=1S/C27H26O4P2.2C7H8O/c1-20-10-8-14-23(18-20)28-32-30-26-17-7-6-16-25(26)27(22-12-4-3-5-13-22)31-33-29-24-15-9-11-21(2)19-24;2*1-6-3-2-4-7(8)5-6/h3-19,27,32-33H,1-2H3;2*2-5,8H,1H3. The van der Waals surface area contributed by atoms with E-state index in [2.05, 4.69) is 0 Å². The fraction of sp³-hybridized carbons (Fsp3) is 0.122. The molecule has 0 heterocycles. The first-order valence-corrected chi connectivity index (χ1v) is 17.3. The molecule has 6 aromatic carbocycles. The molecule has 8 heteroatoms. The molecule has 0 saturated carbocycles. The highest BCUT2D eigenvalue weighted by Crippen LogP contribution is 2.40. The molecule has 6 aromatic rings. The lowest BCUT2D eigenvalue weighted by Gasteiger charge is -2.21. The monoisotopic (exact) mass is 692 g/mol. The third-order valence-electron chi connectivity index (χ3n) is 6.92. The van der Waals surface area contributed by atoms with Crippen molar-refractivity contribution in [3.05, 3.63) is 185 Å². The molecule has 3 atom stereocenters. The molecule has 6 rings (SSSR count). The van der Waals surface area contributed by atoms with Crippen LogP contribution in [0, 0.1) is 27.7 Å². The largest absolute Gasteiger partial charge is 0.508 e. The maximum Gasteiger partial charge on any atom is 0.275 e. The second-order valence-electron chi connectivity index (χ2n) is 11.2. The van der Waals surface area contributed by atoms with E-state index in [0.717, 1.165) is 50.6 Å². The van der Waals surface area contributed by atoms with Crippen molar-refractivity contribution in [1.82, 2.24) is 0 Å². The van der Waals surface area contributed by atoms with Crippen molar-refractivity contribution in [1.29, 1.82) is 0 Å². The Morgan fingerprint density at radius 1 is 0.449 bits per heavy atom. The van der Waals surface area contributed by atoms with Gasteiger partial charge in [-0.05, 0) is 110 Å². The molecule has 0 spiro atoms. The molecule has 0 aliphatic rings. The maximum absolute atomic E-state index is 8.81. The van der Waals surface area contributed by atoms with Gasteiger partial charge in [0.2, 0.25) is 9.03 Å². The molecule has 0 aliphatic carbocycles. The van der Waals surface area contributed by atoms with Crippen LogP contribution in [0.1, 0.15) is 39.5 Å². The third-order valence-corrected chi connectivity index (χ3v) is 8.20. The van der Waals surface area contributed by atoms with Crippen molar-refractivity contribution in [2.24, 2.45) is 0 Å². The second-order valence-corrected chi connectivity index (χ2v) is 12.4. The minimum absolute atomic E-state index is 0.172. The van der Waals surface area contributed by atoms with Gasteiger partial charge in [-0.1, -0.05) is 97.1 Å². The van der Waals surface area contributed by atoms with Gasteiger partial charge < -0.3 is 28.3 Å². The molecule has 49 heavy (non-hydrogen) atoms. The Hall–Kier alpha value is -4.86. The Morgan fingerprint density at radius 3 is 1.41 bits per heavy atom. The van der Waals surface area contributed by atoms with E-state index in [4.69, 9.17) is 28.3 Å². The summed E-state index contributed by atoms with van der Waals surface area (Å²) in [6.45, 7) is 7.96. The van der Waals surface area contributed by atoms with Gasteiger partial charge in [0.1, 0.15) is 34.9 Å². The second kappa shape index (κ2) is 19.8. The molecule has 0 saturated heterocycles. The zero-order valence-electron chi connectivity index (χ0n) is 28.0. The predicted molar refractivity (Wildman–Crippen MR) is 202 cm³/mol. The highest BCUT2D eigenvalue weighted by atomic mass is 31.1. The van der Waals surface area contributed by atoms with Gasteiger partial charge in [-0.2, -0.15) is 0 Å². The Bertz CT molecular complexity index is 1790. The van der Waals surface area contributed by atoms with Crippen molar-refractivity contribution >= 4 is 18.1 Å². The first kappa shape index (κ1) is 37.0. The Labute approximate surface area is 293 Å². The summed E-state index contributed by atoms with van der Waals surface area (Å²) >= 11 is 0. The van der Waals surface area contributed by atoms with Gasteiger partial charge in [-0.3, -0.25) is 0 Å². The molecule has 6 nitrogen and oxygen atoms in total. The number of hydrogen-bond acceptors (Lipinski definition) is 6. The van der Waals surface area contributed by atoms with Gasteiger partial charge in [0.05, 0.1) is 0 Å². The number of aryl methyl sites for hydroxylation is 4. The first-order chi connectivity index (χ1) is 23.8. The molecule has 0 amide bonds. The van der Waals surface area contributed by atoms with Crippen LogP contribution in [-0.4, -0.2) is 10.2 Å². The number of aromatic hydroxyl groups is 2. The van der Waals surface area contributed by atoms with E-state index < -0.39 is 0 Å². The third kappa shape index (κ3) is 13.3. The first-order valence-electron chi connectivity index (χ1n) is 15.7. The van der Waals surface area contributed by atoms with Crippen LogP contribution in [-0.2, 0) is 4.52 Å². The molecule has 0 bridgehead atoms. The summed E-state index contributed by atoms with van der Waals surface area (Å²) in [5.41, 5.74) is 6.41. The highest BCUT2D eigenvalue weighted by Gasteiger charge is 2.20. The van der Waals surface area contributed by atoms with E-state index in [1.54, 1.807) is 24.3 Å². The molecule has 0 radical (unpaired) electrons. The van der Waals surface area contributed by atoms with Crippen LogP contribution >= 0.6 is 18.1 Å². The maximum atomic E-state index is 8.81.